The van der Waals surface area contributed by atoms with Gasteiger partial charge in [-0.2, -0.15) is 5.10 Å². The number of benzene rings is 2. The lowest BCUT2D eigenvalue weighted by molar-refractivity contribution is 0.0714. The van der Waals surface area contributed by atoms with Crippen LogP contribution in [0.4, 0.5) is 10.1 Å². The summed E-state index contributed by atoms with van der Waals surface area (Å²) in [6.07, 6.45) is 2.84. The highest BCUT2D eigenvalue weighted by Crippen LogP contribution is 2.36. The van der Waals surface area contributed by atoms with E-state index >= 15 is 0 Å². The van der Waals surface area contributed by atoms with Crippen molar-refractivity contribution in [3.63, 3.8) is 0 Å². The number of rotatable bonds is 3. The number of aliphatic hydroxyl groups excluding tert-OH is 1. The number of hydrogen-bond acceptors (Lipinski definition) is 3. The first-order chi connectivity index (χ1) is 13.6. The Labute approximate surface area is 161 Å². The minimum atomic E-state index is -0.723. The van der Waals surface area contributed by atoms with E-state index in [1.54, 1.807) is 42.7 Å². The number of amides is 1. The van der Waals surface area contributed by atoms with Crippen LogP contribution in [-0.2, 0) is 0 Å². The summed E-state index contributed by atoms with van der Waals surface area (Å²) in [4.78, 5) is 18.1. The number of aromatic amines is 1. The molecule has 1 aromatic heterocycles. The molecule has 4 rings (SSSR count). The van der Waals surface area contributed by atoms with Crippen LogP contribution in [0.1, 0.15) is 28.4 Å². The van der Waals surface area contributed by atoms with Gasteiger partial charge >= 0.3 is 0 Å². The molecular formula is C21H17FN4O2. The van der Waals surface area contributed by atoms with Crippen LogP contribution in [0.5, 0.6) is 0 Å². The van der Waals surface area contributed by atoms with Crippen molar-refractivity contribution in [3.05, 3.63) is 83.2 Å². The van der Waals surface area contributed by atoms with Gasteiger partial charge in [-0.15, -0.1) is 0 Å². The molecule has 1 amide bonds. The van der Waals surface area contributed by atoms with Crippen molar-refractivity contribution in [3.8, 4) is 11.1 Å². The molecule has 140 valence electrons. The zero-order valence-electron chi connectivity index (χ0n) is 14.8. The van der Waals surface area contributed by atoms with E-state index < -0.39 is 18.0 Å². The predicted molar refractivity (Wildman–Crippen MR) is 101 cm³/mol. The maximum absolute atomic E-state index is 14.3. The average molecular weight is 376 g/mol. The lowest BCUT2D eigenvalue weighted by atomic mass is 10.0. The highest BCUT2D eigenvalue weighted by Gasteiger charge is 2.37. The molecule has 0 bridgehead atoms. The lowest BCUT2D eigenvalue weighted by Crippen LogP contribution is -2.32. The summed E-state index contributed by atoms with van der Waals surface area (Å²) in [5.41, 5.74) is 2.47. The van der Waals surface area contributed by atoms with Gasteiger partial charge < -0.3 is 10.0 Å². The third-order valence-electron chi connectivity index (χ3n) is 4.98. The molecule has 2 atom stereocenters. The second-order valence-electron chi connectivity index (χ2n) is 6.72. The number of aliphatic hydroxyl groups is 1. The average Bonchev–Trinajstić information content (AvgIpc) is 3.37. The Kier molecular flexibility index (Phi) is 4.63. The van der Waals surface area contributed by atoms with Crippen LogP contribution in [0, 0.1) is 12.4 Å². The monoisotopic (exact) mass is 376 g/mol. The van der Waals surface area contributed by atoms with Crippen LogP contribution in [0.2, 0.25) is 0 Å². The Balaban J connectivity index is 1.68. The van der Waals surface area contributed by atoms with E-state index in [1.807, 2.05) is 0 Å². The van der Waals surface area contributed by atoms with E-state index in [4.69, 9.17) is 6.57 Å². The Hall–Kier alpha value is -3.50. The first-order valence-corrected chi connectivity index (χ1v) is 8.82. The van der Waals surface area contributed by atoms with Crippen molar-refractivity contribution in [2.24, 2.45) is 0 Å². The van der Waals surface area contributed by atoms with E-state index in [9.17, 15) is 14.3 Å². The normalized spacial score (nSPS) is 18.8. The molecule has 6 nitrogen and oxygen atoms in total. The fraction of sp³-hybridized carbons (Fsp3) is 0.190. The molecule has 0 spiro atoms. The number of β-amino-alcohol motifs (C(OH)–C–C–N with tert-alkyl or cyclic N) is 1. The SMILES string of the molecule is [C-]#[N+]c1cc(C(=O)N2C[C@H](O)C[C@@H]2c2ccccc2F)ccc1-c1cn[nH]c1. The molecule has 1 fully saturated rings. The van der Waals surface area contributed by atoms with Gasteiger partial charge in [0.25, 0.3) is 5.91 Å². The number of aromatic nitrogens is 2. The van der Waals surface area contributed by atoms with Gasteiger partial charge in [-0.05, 0) is 24.1 Å². The molecule has 1 saturated heterocycles. The summed E-state index contributed by atoms with van der Waals surface area (Å²) in [5, 5.41) is 16.7. The molecule has 3 aromatic rings. The van der Waals surface area contributed by atoms with Crippen molar-refractivity contribution in [1.29, 1.82) is 0 Å². The first kappa shape index (κ1) is 17.9. The Bertz CT molecular complexity index is 1060. The summed E-state index contributed by atoms with van der Waals surface area (Å²) in [6.45, 7) is 7.57. The molecule has 0 saturated carbocycles. The summed E-state index contributed by atoms with van der Waals surface area (Å²) in [6, 6.07) is 10.6. The van der Waals surface area contributed by atoms with Gasteiger partial charge in [0.2, 0.25) is 0 Å². The largest absolute Gasteiger partial charge is 0.391 e. The summed E-state index contributed by atoms with van der Waals surface area (Å²) < 4.78 is 14.3. The summed E-state index contributed by atoms with van der Waals surface area (Å²) in [7, 11) is 0. The van der Waals surface area contributed by atoms with Gasteiger partial charge in [-0.25, -0.2) is 9.24 Å². The number of likely N-dealkylation sites (tertiary alicyclic amines) is 1. The minimum Gasteiger partial charge on any atom is -0.391 e. The van der Waals surface area contributed by atoms with Crippen molar-refractivity contribution in [2.45, 2.75) is 18.6 Å². The topological polar surface area (TPSA) is 73.6 Å². The van der Waals surface area contributed by atoms with Gasteiger partial charge in [0.05, 0.1) is 24.9 Å². The van der Waals surface area contributed by atoms with Gasteiger partial charge in [0.1, 0.15) is 5.82 Å². The molecule has 28 heavy (non-hydrogen) atoms. The number of halogens is 1. The number of hydrogen-bond donors (Lipinski definition) is 2. The molecule has 0 aliphatic carbocycles. The van der Waals surface area contributed by atoms with Gasteiger partial charge in [0.15, 0.2) is 5.69 Å². The highest BCUT2D eigenvalue weighted by molar-refractivity contribution is 5.97. The Morgan fingerprint density at radius 2 is 2.14 bits per heavy atom. The molecule has 2 N–H and O–H groups in total. The van der Waals surface area contributed by atoms with Crippen LogP contribution < -0.4 is 0 Å². The van der Waals surface area contributed by atoms with Gasteiger partial charge in [-0.3, -0.25) is 9.89 Å². The second kappa shape index (κ2) is 7.25. The van der Waals surface area contributed by atoms with E-state index in [0.29, 0.717) is 22.4 Å². The highest BCUT2D eigenvalue weighted by atomic mass is 19.1. The fourth-order valence-electron chi connectivity index (χ4n) is 3.64. The zero-order chi connectivity index (χ0) is 19.7. The standard InChI is InChI=1S/C21H17FN4O2/c1-23-19-8-13(6-7-16(19)14-10-24-25-11-14)21(28)26-12-15(27)9-20(26)17-4-2-3-5-18(17)22/h2-8,10-11,15,20,27H,9,12H2,(H,24,25)/t15-,20-/m1/s1. The molecule has 7 heteroatoms. The number of nitrogens with zero attached hydrogens (tertiary/aromatic N) is 3. The van der Waals surface area contributed by atoms with Gasteiger partial charge in [0, 0.05) is 29.4 Å². The molecular weight excluding hydrogens is 359 g/mol. The molecule has 0 unspecified atom stereocenters. The predicted octanol–water partition coefficient (Wildman–Crippen LogP) is 3.71. The van der Waals surface area contributed by atoms with Crippen LogP contribution >= 0.6 is 0 Å². The molecule has 2 heterocycles. The maximum Gasteiger partial charge on any atom is 0.253 e. The van der Waals surface area contributed by atoms with Crippen molar-refractivity contribution in [2.75, 3.05) is 6.54 Å². The molecule has 1 aliphatic rings. The smallest absolute Gasteiger partial charge is 0.253 e. The third kappa shape index (κ3) is 3.15. The number of H-pyrrole nitrogens is 1. The zero-order valence-corrected chi connectivity index (χ0v) is 14.8. The lowest BCUT2D eigenvalue weighted by Gasteiger charge is -2.25. The Morgan fingerprint density at radius 1 is 1.32 bits per heavy atom. The van der Waals surface area contributed by atoms with Crippen molar-refractivity contribution in [1.82, 2.24) is 15.1 Å². The van der Waals surface area contributed by atoms with Crippen molar-refractivity contribution < 1.29 is 14.3 Å². The van der Waals surface area contributed by atoms with Crippen LogP contribution in [0.15, 0.2) is 54.9 Å². The van der Waals surface area contributed by atoms with Crippen LogP contribution in [-0.4, -0.2) is 38.8 Å². The van der Waals surface area contributed by atoms with Crippen LogP contribution in [0.3, 0.4) is 0 Å². The summed E-state index contributed by atoms with van der Waals surface area (Å²) in [5.74, 6) is -0.745. The number of carbonyl (C=O) groups is 1. The third-order valence-corrected chi connectivity index (χ3v) is 4.98. The van der Waals surface area contributed by atoms with E-state index in [1.165, 1.54) is 17.0 Å². The second-order valence-corrected chi connectivity index (χ2v) is 6.72. The number of nitrogens with one attached hydrogen (secondary N) is 1. The minimum absolute atomic E-state index is 0.120. The molecule has 2 aromatic carbocycles. The molecule has 1 aliphatic heterocycles. The van der Waals surface area contributed by atoms with Gasteiger partial charge in [-0.1, -0.05) is 30.3 Å². The van der Waals surface area contributed by atoms with Crippen LogP contribution in [0.25, 0.3) is 16.0 Å². The molecule has 0 radical (unpaired) electrons. The van der Waals surface area contributed by atoms with Crippen molar-refractivity contribution >= 4 is 11.6 Å². The fourth-order valence-corrected chi connectivity index (χ4v) is 3.64. The first-order valence-electron chi connectivity index (χ1n) is 8.82. The number of carbonyl (C=O) groups excluding carboxylic acids is 1. The van der Waals surface area contributed by atoms with E-state index in [2.05, 4.69) is 15.0 Å². The summed E-state index contributed by atoms with van der Waals surface area (Å²) >= 11 is 0. The Morgan fingerprint density at radius 3 is 2.86 bits per heavy atom. The quantitative estimate of drug-likeness (QED) is 0.685. The van der Waals surface area contributed by atoms with E-state index in [0.717, 1.165) is 5.56 Å². The maximum atomic E-state index is 14.3. The van der Waals surface area contributed by atoms with E-state index in [-0.39, 0.29) is 18.9 Å².